The number of rotatable bonds is 5. The summed E-state index contributed by atoms with van der Waals surface area (Å²) in [5.74, 6) is 1.77. The van der Waals surface area contributed by atoms with Gasteiger partial charge < -0.3 is 20.1 Å². The lowest BCUT2D eigenvalue weighted by Gasteiger charge is -2.19. The Bertz CT molecular complexity index is 1000. The van der Waals surface area contributed by atoms with Crippen LogP contribution >= 0.6 is 0 Å². The summed E-state index contributed by atoms with van der Waals surface area (Å²) < 4.78 is 11.1. The molecule has 3 aromatic rings. The number of pyridine rings is 1. The molecule has 2 aromatic carbocycles. The highest BCUT2D eigenvalue weighted by Gasteiger charge is 2.14. The topological polar surface area (TPSA) is 72.5 Å². The molecule has 1 amide bonds. The second kappa shape index (κ2) is 8.00. The molecule has 1 aliphatic heterocycles. The Morgan fingerprint density at radius 1 is 1.04 bits per heavy atom. The highest BCUT2D eigenvalue weighted by molar-refractivity contribution is 6.04. The molecule has 0 fully saturated rings. The summed E-state index contributed by atoms with van der Waals surface area (Å²) in [6.07, 6.45) is 1.62. The van der Waals surface area contributed by atoms with E-state index < -0.39 is 0 Å². The van der Waals surface area contributed by atoms with Gasteiger partial charge in [-0.1, -0.05) is 24.3 Å². The van der Waals surface area contributed by atoms with Crippen LogP contribution in [0.2, 0.25) is 0 Å². The van der Waals surface area contributed by atoms with Crippen molar-refractivity contribution < 1.29 is 14.3 Å². The van der Waals surface area contributed by atoms with Gasteiger partial charge in [-0.05, 0) is 42.3 Å². The van der Waals surface area contributed by atoms with Gasteiger partial charge in [-0.15, -0.1) is 0 Å². The van der Waals surface area contributed by atoms with Crippen molar-refractivity contribution in [1.82, 2.24) is 4.98 Å². The van der Waals surface area contributed by atoms with E-state index in [-0.39, 0.29) is 5.91 Å². The fourth-order valence-corrected chi connectivity index (χ4v) is 2.99. The average Bonchev–Trinajstić information content (AvgIpc) is 2.73. The zero-order valence-corrected chi connectivity index (χ0v) is 15.6. The second-order valence-corrected chi connectivity index (χ2v) is 6.52. The van der Waals surface area contributed by atoms with Crippen LogP contribution in [0.1, 0.15) is 21.5 Å². The van der Waals surface area contributed by atoms with Crippen molar-refractivity contribution in [2.45, 2.75) is 13.5 Å². The minimum atomic E-state index is -0.210. The average molecular weight is 375 g/mol. The number of anilines is 2. The SMILES string of the molecule is Cc1ccccc1CNc1cc(C(=O)Nc2ccc3c(c2)OCCO3)ccn1. The molecule has 0 bridgehead atoms. The van der Waals surface area contributed by atoms with Crippen LogP contribution in [0.4, 0.5) is 11.5 Å². The van der Waals surface area contributed by atoms with E-state index in [4.69, 9.17) is 9.47 Å². The predicted molar refractivity (Wildman–Crippen MR) is 108 cm³/mol. The number of aromatic nitrogens is 1. The fraction of sp³-hybridized carbons (Fsp3) is 0.182. The minimum Gasteiger partial charge on any atom is -0.486 e. The molecule has 0 saturated heterocycles. The number of nitrogens with one attached hydrogen (secondary N) is 2. The minimum absolute atomic E-state index is 0.210. The number of benzene rings is 2. The van der Waals surface area contributed by atoms with Crippen LogP contribution in [0.5, 0.6) is 11.5 Å². The molecule has 6 nitrogen and oxygen atoms in total. The smallest absolute Gasteiger partial charge is 0.255 e. The maximum atomic E-state index is 12.6. The third-order valence-electron chi connectivity index (χ3n) is 4.54. The maximum absolute atomic E-state index is 12.6. The predicted octanol–water partition coefficient (Wildman–Crippen LogP) is 4.03. The first-order valence-corrected chi connectivity index (χ1v) is 9.14. The first-order valence-electron chi connectivity index (χ1n) is 9.14. The van der Waals surface area contributed by atoms with Gasteiger partial charge in [0.15, 0.2) is 11.5 Å². The Kier molecular flexibility index (Phi) is 5.10. The van der Waals surface area contributed by atoms with Crippen LogP contribution in [0.3, 0.4) is 0 Å². The third kappa shape index (κ3) is 4.06. The zero-order valence-electron chi connectivity index (χ0n) is 15.6. The number of hydrogen-bond donors (Lipinski definition) is 2. The summed E-state index contributed by atoms with van der Waals surface area (Å²) >= 11 is 0. The molecular weight excluding hydrogens is 354 g/mol. The molecule has 0 saturated carbocycles. The molecule has 0 radical (unpaired) electrons. The number of ether oxygens (including phenoxy) is 2. The van der Waals surface area contributed by atoms with Crippen LogP contribution in [-0.4, -0.2) is 24.1 Å². The fourth-order valence-electron chi connectivity index (χ4n) is 2.99. The van der Waals surface area contributed by atoms with Gasteiger partial charge in [0.2, 0.25) is 0 Å². The molecule has 4 rings (SSSR count). The zero-order chi connectivity index (χ0) is 19.3. The number of carbonyl (C=O) groups is 1. The first kappa shape index (κ1) is 17.9. The highest BCUT2D eigenvalue weighted by Crippen LogP contribution is 2.32. The molecular formula is C22H21N3O3. The molecule has 1 aromatic heterocycles. The van der Waals surface area contributed by atoms with Crippen molar-refractivity contribution in [2.75, 3.05) is 23.8 Å². The van der Waals surface area contributed by atoms with Crippen LogP contribution in [0.15, 0.2) is 60.8 Å². The molecule has 6 heteroatoms. The van der Waals surface area contributed by atoms with Crippen molar-refractivity contribution in [3.8, 4) is 11.5 Å². The van der Waals surface area contributed by atoms with Crippen LogP contribution < -0.4 is 20.1 Å². The molecule has 0 unspecified atom stereocenters. The monoisotopic (exact) mass is 375 g/mol. The Labute approximate surface area is 163 Å². The van der Waals surface area contributed by atoms with E-state index in [1.807, 2.05) is 12.1 Å². The summed E-state index contributed by atoms with van der Waals surface area (Å²) in [5.41, 5.74) is 3.58. The standard InChI is InChI=1S/C22H21N3O3/c1-15-4-2-3-5-17(15)14-24-21-12-16(8-9-23-21)22(26)25-18-6-7-19-20(13-18)28-11-10-27-19/h2-9,12-13H,10-11,14H2,1H3,(H,23,24)(H,25,26). The Hall–Kier alpha value is -3.54. The summed E-state index contributed by atoms with van der Waals surface area (Å²) in [5, 5.41) is 6.16. The largest absolute Gasteiger partial charge is 0.486 e. The highest BCUT2D eigenvalue weighted by atomic mass is 16.6. The van der Waals surface area contributed by atoms with Crippen LogP contribution in [0, 0.1) is 6.92 Å². The van der Waals surface area contributed by atoms with Gasteiger partial charge in [0.25, 0.3) is 5.91 Å². The van der Waals surface area contributed by atoms with Crippen molar-refractivity contribution in [2.24, 2.45) is 0 Å². The summed E-state index contributed by atoms with van der Waals surface area (Å²) in [4.78, 5) is 16.9. The molecule has 0 atom stereocenters. The van der Waals surface area contributed by atoms with Crippen molar-refractivity contribution in [3.05, 3.63) is 77.5 Å². The number of amides is 1. The van der Waals surface area contributed by atoms with Crippen molar-refractivity contribution in [1.29, 1.82) is 0 Å². The number of carbonyl (C=O) groups excluding carboxylic acids is 1. The van der Waals surface area contributed by atoms with Gasteiger partial charge in [-0.25, -0.2) is 4.98 Å². The Balaban J connectivity index is 1.43. The van der Waals surface area contributed by atoms with E-state index in [9.17, 15) is 4.79 Å². The molecule has 1 aliphatic rings. The normalized spacial score (nSPS) is 12.3. The van der Waals surface area contributed by atoms with Gasteiger partial charge in [0.05, 0.1) is 0 Å². The quantitative estimate of drug-likeness (QED) is 0.705. The maximum Gasteiger partial charge on any atom is 0.255 e. The lowest BCUT2D eigenvalue weighted by atomic mass is 10.1. The molecule has 142 valence electrons. The Morgan fingerprint density at radius 3 is 2.71 bits per heavy atom. The van der Waals surface area contributed by atoms with Gasteiger partial charge in [-0.3, -0.25) is 4.79 Å². The van der Waals surface area contributed by atoms with E-state index in [1.165, 1.54) is 11.1 Å². The van der Waals surface area contributed by atoms with E-state index in [0.717, 1.165) is 0 Å². The van der Waals surface area contributed by atoms with E-state index in [1.54, 1.807) is 36.5 Å². The van der Waals surface area contributed by atoms with E-state index >= 15 is 0 Å². The molecule has 2 heterocycles. The van der Waals surface area contributed by atoms with Gasteiger partial charge in [0, 0.05) is 30.1 Å². The molecule has 0 aliphatic carbocycles. The van der Waals surface area contributed by atoms with Gasteiger partial charge >= 0.3 is 0 Å². The number of aryl methyl sites for hydroxylation is 1. The lowest BCUT2D eigenvalue weighted by molar-refractivity contribution is 0.102. The third-order valence-corrected chi connectivity index (χ3v) is 4.54. The van der Waals surface area contributed by atoms with E-state index in [2.05, 4.69) is 34.7 Å². The Morgan fingerprint density at radius 2 is 1.86 bits per heavy atom. The van der Waals surface area contributed by atoms with Crippen molar-refractivity contribution >= 4 is 17.4 Å². The molecule has 2 N–H and O–H groups in total. The van der Waals surface area contributed by atoms with Crippen LogP contribution in [0.25, 0.3) is 0 Å². The number of fused-ring (bicyclic) bond motifs is 1. The first-order chi connectivity index (χ1) is 13.7. The second-order valence-electron chi connectivity index (χ2n) is 6.52. The van der Waals surface area contributed by atoms with E-state index in [0.29, 0.717) is 48.3 Å². The van der Waals surface area contributed by atoms with Crippen molar-refractivity contribution in [3.63, 3.8) is 0 Å². The number of nitrogens with zero attached hydrogens (tertiary/aromatic N) is 1. The number of hydrogen-bond acceptors (Lipinski definition) is 5. The lowest BCUT2D eigenvalue weighted by Crippen LogP contribution is -2.16. The summed E-state index contributed by atoms with van der Waals surface area (Å²) in [7, 11) is 0. The van der Waals surface area contributed by atoms with Gasteiger partial charge in [-0.2, -0.15) is 0 Å². The summed E-state index contributed by atoms with van der Waals surface area (Å²) in [6.45, 7) is 3.76. The summed E-state index contributed by atoms with van der Waals surface area (Å²) in [6, 6.07) is 17.0. The van der Waals surface area contributed by atoms with Gasteiger partial charge in [0.1, 0.15) is 19.0 Å². The van der Waals surface area contributed by atoms with Crippen LogP contribution in [-0.2, 0) is 6.54 Å². The molecule has 28 heavy (non-hydrogen) atoms. The molecule has 0 spiro atoms.